The zero-order valence-electron chi connectivity index (χ0n) is 14.7. The van der Waals surface area contributed by atoms with Crippen LogP contribution in [0.5, 0.6) is 0 Å². The molecule has 0 aromatic rings. The van der Waals surface area contributed by atoms with Gasteiger partial charge in [-0.2, -0.15) is 0 Å². The molecule has 6 nitrogen and oxygen atoms in total. The highest BCUT2D eigenvalue weighted by Gasteiger charge is 2.36. The van der Waals surface area contributed by atoms with Crippen LogP contribution in [0.4, 0.5) is 0 Å². The molecule has 0 aromatic carbocycles. The molecule has 0 radical (unpaired) electrons. The third-order valence-corrected chi connectivity index (χ3v) is 4.43. The number of rotatable bonds is 10. The van der Waals surface area contributed by atoms with Gasteiger partial charge in [0.2, 0.25) is 0 Å². The molecule has 136 valence electrons. The second-order valence-corrected chi connectivity index (χ2v) is 5.98. The van der Waals surface area contributed by atoms with Crippen molar-refractivity contribution in [2.24, 2.45) is 10.4 Å². The smallest absolute Gasteiger partial charge is 0.305 e. The fourth-order valence-electron chi connectivity index (χ4n) is 2.71. The van der Waals surface area contributed by atoms with Crippen LogP contribution in [0.3, 0.4) is 0 Å². The van der Waals surface area contributed by atoms with Crippen molar-refractivity contribution in [1.82, 2.24) is 10.6 Å². The number of guanidine groups is 1. The van der Waals surface area contributed by atoms with Crippen LogP contribution < -0.4 is 10.6 Å². The van der Waals surface area contributed by atoms with E-state index in [0.717, 1.165) is 44.9 Å². The topological polar surface area (TPSA) is 72.0 Å². The number of hydrogen-bond acceptors (Lipinski definition) is 4. The second-order valence-electron chi connectivity index (χ2n) is 5.98. The van der Waals surface area contributed by atoms with Crippen molar-refractivity contribution >= 4 is 35.9 Å². The Morgan fingerprint density at radius 2 is 1.96 bits per heavy atom. The van der Waals surface area contributed by atoms with Crippen LogP contribution in [0, 0.1) is 5.41 Å². The van der Waals surface area contributed by atoms with Crippen molar-refractivity contribution < 1.29 is 14.3 Å². The van der Waals surface area contributed by atoms with Crippen molar-refractivity contribution in [3.05, 3.63) is 0 Å². The van der Waals surface area contributed by atoms with E-state index in [1.807, 2.05) is 0 Å². The molecule has 2 N–H and O–H groups in total. The third-order valence-electron chi connectivity index (χ3n) is 4.43. The van der Waals surface area contributed by atoms with Crippen molar-refractivity contribution in [3.63, 3.8) is 0 Å². The van der Waals surface area contributed by atoms with Gasteiger partial charge in [-0.25, -0.2) is 0 Å². The van der Waals surface area contributed by atoms with Gasteiger partial charge in [-0.3, -0.25) is 9.79 Å². The second kappa shape index (κ2) is 12.8. The Hall–Kier alpha value is -0.570. The van der Waals surface area contributed by atoms with Crippen molar-refractivity contribution in [2.45, 2.75) is 44.9 Å². The minimum Gasteiger partial charge on any atom is -0.469 e. The lowest BCUT2D eigenvalue weighted by molar-refractivity contribution is -0.140. The Labute approximate surface area is 157 Å². The predicted molar refractivity (Wildman–Crippen MR) is 103 cm³/mol. The summed E-state index contributed by atoms with van der Waals surface area (Å²) in [5.74, 6) is 0.689. The Kier molecular flexibility index (Phi) is 12.5. The molecule has 0 bridgehead atoms. The largest absolute Gasteiger partial charge is 0.469 e. The first-order valence-electron chi connectivity index (χ1n) is 8.16. The van der Waals surface area contributed by atoms with Gasteiger partial charge in [0.05, 0.1) is 7.11 Å². The first-order valence-corrected chi connectivity index (χ1v) is 8.16. The molecule has 1 aliphatic carbocycles. The fraction of sp³-hybridized carbons (Fsp3) is 0.875. The van der Waals surface area contributed by atoms with Gasteiger partial charge < -0.3 is 20.1 Å². The van der Waals surface area contributed by atoms with Gasteiger partial charge >= 0.3 is 5.97 Å². The molecule has 1 saturated carbocycles. The number of methoxy groups -OCH3 is 2. The van der Waals surface area contributed by atoms with Crippen LogP contribution >= 0.6 is 24.0 Å². The van der Waals surface area contributed by atoms with E-state index >= 15 is 0 Å². The Morgan fingerprint density at radius 3 is 2.48 bits per heavy atom. The van der Waals surface area contributed by atoms with Crippen LogP contribution in [-0.2, 0) is 14.3 Å². The minimum absolute atomic E-state index is 0. The van der Waals surface area contributed by atoms with E-state index in [1.165, 1.54) is 26.4 Å². The number of unbranched alkanes of at least 4 members (excludes halogenated alkanes) is 1. The summed E-state index contributed by atoms with van der Waals surface area (Å²) >= 11 is 0. The molecule has 0 heterocycles. The molecule has 0 spiro atoms. The van der Waals surface area contributed by atoms with E-state index in [1.54, 1.807) is 14.2 Å². The van der Waals surface area contributed by atoms with Gasteiger partial charge in [0.15, 0.2) is 5.96 Å². The van der Waals surface area contributed by atoms with E-state index in [-0.39, 0.29) is 29.9 Å². The summed E-state index contributed by atoms with van der Waals surface area (Å²) in [6.07, 6.45) is 7.17. The summed E-state index contributed by atoms with van der Waals surface area (Å²) in [5, 5.41) is 6.72. The zero-order chi connectivity index (χ0) is 16.3. The molecule has 0 unspecified atom stereocenters. The Bertz CT molecular complexity index is 360. The number of ether oxygens (including phenoxy) is 2. The van der Waals surface area contributed by atoms with Gasteiger partial charge in [-0.05, 0) is 37.5 Å². The SMILES string of the molecule is CN=C(NCCCCC(=O)OC)NCC1(CCOC)CCC1.I. The summed E-state index contributed by atoms with van der Waals surface area (Å²) in [5.41, 5.74) is 0.374. The van der Waals surface area contributed by atoms with E-state index in [2.05, 4.69) is 20.4 Å². The molecule has 0 aliphatic heterocycles. The maximum absolute atomic E-state index is 11.0. The quantitative estimate of drug-likeness (QED) is 0.179. The fourth-order valence-corrected chi connectivity index (χ4v) is 2.71. The van der Waals surface area contributed by atoms with E-state index in [9.17, 15) is 4.79 Å². The monoisotopic (exact) mass is 441 g/mol. The first kappa shape index (κ1) is 22.4. The van der Waals surface area contributed by atoms with Crippen LogP contribution in [0.2, 0.25) is 0 Å². The summed E-state index contributed by atoms with van der Waals surface area (Å²) in [6.45, 7) is 2.57. The summed E-state index contributed by atoms with van der Waals surface area (Å²) < 4.78 is 9.84. The molecular formula is C16H32IN3O3. The number of halogens is 1. The van der Waals surface area contributed by atoms with E-state index in [4.69, 9.17) is 4.74 Å². The first-order chi connectivity index (χ1) is 10.7. The van der Waals surface area contributed by atoms with E-state index < -0.39 is 0 Å². The van der Waals surface area contributed by atoms with Gasteiger partial charge in [0.25, 0.3) is 0 Å². The molecule has 1 fully saturated rings. The highest BCUT2D eigenvalue weighted by atomic mass is 127. The summed E-state index contributed by atoms with van der Waals surface area (Å²) in [4.78, 5) is 15.3. The molecule has 0 amide bonds. The third kappa shape index (κ3) is 8.74. The Morgan fingerprint density at radius 1 is 1.22 bits per heavy atom. The number of aliphatic imine (C=N–C) groups is 1. The van der Waals surface area contributed by atoms with Crippen LogP contribution in [0.1, 0.15) is 44.9 Å². The van der Waals surface area contributed by atoms with Crippen molar-refractivity contribution in [3.8, 4) is 0 Å². The molecule has 0 saturated heterocycles. The maximum Gasteiger partial charge on any atom is 0.305 e. The van der Waals surface area contributed by atoms with Crippen molar-refractivity contribution in [2.75, 3.05) is 41.0 Å². The van der Waals surface area contributed by atoms with Gasteiger partial charge in [0.1, 0.15) is 0 Å². The molecule has 1 aliphatic rings. The molecule has 0 atom stereocenters. The van der Waals surface area contributed by atoms with Crippen LogP contribution in [0.25, 0.3) is 0 Å². The number of carbonyl (C=O) groups excluding carboxylic acids is 1. The summed E-state index contributed by atoms with van der Waals surface area (Å²) in [7, 11) is 4.97. The van der Waals surface area contributed by atoms with Gasteiger partial charge in [-0.15, -0.1) is 24.0 Å². The Balaban J connectivity index is 0.00000484. The highest BCUT2D eigenvalue weighted by molar-refractivity contribution is 14.0. The van der Waals surface area contributed by atoms with Crippen LogP contribution in [0.15, 0.2) is 4.99 Å². The van der Waals surface area contributed by atoms with E-state index in [0.29, 0.717) is 11.8 Å². The lowest BCUT2D eigenvalue weighted by atomic mass is 9.67. The lowest BCUT2D eigenvalue weighted by Crippen LogP contribution is -2.47. The zero-order valence-corrected chi connectivity index (χ0v) is 17.0. The van der Waals surface area contributed by atoms with Gasteiger partial charge in [-0.1, -0.05) is 6.42 Å². The average molecular weight is 441 g/mol. The maximum atomic E-state index is 11.0. The number of nitrogens with one attached hydrogen (secondary N) is 2. The van der Waals surface area contributed by atoms with Crippen LogP contribution in [-0.4, -0.2) is 52.9 Å². The lowest BCUT2D eigenvalue weighted by Gasteiger charge is -2.42. The molecule has 1 rings (SSSR count). The van der Waals surface area contributed by atoms with Gasteiger partial charge in [0, 0.05) is 40.3 Å². The van der Waals surface area contributed by atoms with Crippen molar-refractivity contribution in [1.29, 1.82) is 0 Å². The minimum atomic E-state index is -0.146. The molecular weight excluding hydrogens is 409 g/mol. The molecule has 0 aromatic heterocycles. The molecule has 7 heteroatoms. The normalized spacial score (nSPS) is 16.0. The number of nitrogens with zero attached hydrogens (tertiary/aromatic N) is 1. The number of esters is 1. The predicted octanol–water partition coefficient (Wildman–Crippen LogP) is 2.32. The average Bonchev–Trinajstić information content (AvgIpc) is 2.50. The summed E-state index contributed by atoms with van der Waals surface area (Å²) in [6, 6.07) is 0. The number of carbonyl (C=O) groups is 1. The standard InChI is InChI=1S/C16H31N3O3.HI/c1-17-15(18-11-5-4-7-14(20)22-3)19-13-16(8-6-9-16)10-12-21-2;/h4-13H2,1-3H3,(H2,17,18,19);1H. The number of hydrogen-bond donors (Lipinski definition) is 2. The highest BCUT2D eigenvalue weighted by Crippen LogP contribution is 2.43. The molecule has 23 heavy (non-hydrogen) atoms.